The second kappa shape index (κ2) is 9.89. The van der Waals surface area contributed by atoms with Crippen LogP contribution in [0.5, 0.6) is 5.75 Å². The van der Waals surface area contributed by atoms with Gasteiger partial charge >= 0.3 is 5.97 Å². The van der Waals surface area contributed by atoms with Gasteiger partial charge in [0.15, 0.2) is 0 Å². The topological polar surface area (TPSA) is 82.4 Å². The molecule has 0 aliphatic heterocycles. The van der Waals surface area contributed by atoms with E-state index in [-0.39, 0.29) is 23.7 Å². The van der Waals surface area contributed by atoms with Crippen LogP contribution in [0.15, 0.2) is 47.3 Å². The summed E-state index contributed by atoms with van der Waals surface area (Å²) in [6.07, 6.45) is 0.824. The number of benzene rings is 2. The molecule has 4 rings (SSSR count). The Morgan fingerprint density at radius 3 is 2.65 bits per heavy atom. The number of halogens is 1. The van der Waals surface area contributed by atoms with Crippen molar-refractivity contribution in [3.8, 4) is 17.0 Å². The molecule has 1 N–H and O–H groups in total. The predicted octanol–water partition coefficient (Wildman–Crippen LogP) is 4.80. The van der Waals surface area contributed by atoms with Crippen LogP contribution in [-0.4, -0.2) is 28.7 Å². The van der Waals surface area contributed by atoms with E-state index in [2.05, 4.69) is 5.32 Å². The minimum atomic E-state index is -0.379. The van der Waals surface area contributed by atoms with Gasteiger partial charge in [0, 0.05) is 25.5 Å². The molecule has 0 amide bonds. The molecule has 1 aromatic heterocycles. The van der Waals surface area contributed by atoms with E-state index in [1.807, 2.05) is 38.1 Å². The highest BCUT2D eigenvalue weighted by molar-refractivity contribution is 6.33. The van der Waals surface area contributed by atoms with Crippen LogP contribution in [0.25, 0.3) is 11.3 Å². The third-order valence-electron chi connectivity index (χ3n) is 6.11. The Bertz CT molecular complexity index is 1290. The number of carbonyl (C=O) groups is 1. The Morgan fingerprint density at radius 2 is 2.00 bits per heavy atom. The number of nitrogens with one attached hydrogen (secondary N) is 1. The van der Waals surface area contributed by atoms with Gasteiger partial charge in [0.1, 0.15) is 23.4 Å². The maximum absolute atomic E-state index is 13.6. The number of anilines is 1. The summed E-state index contributed by atoms with van der Waals surface area (Å²) in [5, 5.41) is 3.91. The van der Waals surface area contributed by atoms with Crippen molar-refractivity contribution >= 4 is 23.4 Å². The zero-order valence-electron chi connectivity index (χ0n) is 19.7. The second-order valence-electron chi connectivity index (χ2n) is 8.18. The van der Waals surface area contributed by atoms with Crippen LogP contribution in [0, 0.1) is 0 Å². The van der Waals surface area contributed by atoms with Gasteiger partial charge in [-0.25, -0.2) is 4.98 Å². The highest BCUT2D eigenvalue weighted by Gasteiger charge is 2.36. The molecule has 0 bridgehead atoms. The van der Waals surface area contributed by atoms with Crippen LogP contribution in [-0.2, 0) is 28.9 Å². The quantitative estimate of drug-likeness (QED) is 0.488. The predicted molar refractivity (Wildman–Crippen MR) is 133 cm³/mol. The first kappa shape index (κ1) is 23.8. The Kier molecular flexibility index (Phi) is 6.93. The summed E-state index contributed by atoms with van der Waals surface area (Å²) in [6, 6.07) is 12.9. The lowest BCUT2D eigenvalue weighted by Crippen LogP contribution is -2.32. The number of hydrogen-bond donors (Lipinski definition) is 1. The summed E-state index contributed by atoms with van der Waals surface area (Å²) in [4.78, 5) is 30.1. The lowest BCUT2D eigenvalue weighted by atomic mass is 10.1. The van der Waals surface area contributed by atoms with Gasteiger partial charge in [0.25, 0.3) is 5.56 Å². The van der Waals surface area contributed by atoms with Crippen LogP contribution in [0.4, 0.5) is 5.82 Å². The molecule has 3 aromatic rings. The van der Waals surface area contributed by atoms with Gasteiger partial charge in [-0.05, 0) is 42.7 Å². The van der Waals surface area contributed by atoms with Crippen molar-refractivity contribution in [2.45, 2.75) is 52.3 Å². The van der Waals surface area contributed by atoms with Crippen LogP contribution in [0.1, 0.15) is 43.6 Å². The average molecular weight is 482 g/mol. The van der Waals surface area contributed by atoms with E-state index >= 15 is 0 Å². The maximum Gasteiger partial charge on any atom is 0.302 e. The fourth-order valence-electron chi connectivity index (χ4n) is 4.52. The Labute approximate surface area is 203 Å². The Hall–Kier alpha value is -3.32. The average Bonchev–Trinajstić information content (AvgIpc) is 3.16. The summed E-state index contributed by atoms with van der Waals surface area (Å²) >= 11 is 6.47. The largest absolute Gasteiger partial charge is 0.497 e. The number of methoxy groups -OCH3 is 1. The van der Waals surface area contributed by atoms with Gasteiger partial charge in [0.2, 0.25) is 0 Å². The smallest absolute Gasteiger partial charge is 0.302 e. The Morgan fingerprint density at radius 1 is 1.24 bits per heavy atom. The standard InChI is InChI=1S/C26H28ClN3O4/c1-5-21-25(29-23-18-10-8-7-9-16(18)13-22(23)34-15(3)31)30(6-2)26(32)24(28-21)19-12-11-17(33-4)14-20(19)27/h7-12,14,22-23,29H,5-6,13H2,1-4H3/t22-,23+/m0/s1. The third kappa shape index (κ3) is 4.40. The fourth-order valence-corrected chi connectivity index (χ4v) is 4.78. The van der Waals surface area contributed by atoms with Gasteiger partial charge in [-0.15, -0.1) is 0 Å². The van der Waals surface area contributed by atoms with E-state index < -0.39 is 0 Å². The van der Waals surface area contributed by atoms with E-state index in [9.17, 15) is 9.59 Å². The summed E-state index contributed by atoms with van der Waals surface area (Å²) < 4.78 is 12.6. The van der Waals surface area contributed by atoms with E-state index in [4.69, 9.17) is 26.1 Å². The summed E-state index contributed by atoms with van der Waals surface area (Å²) in [5.74, 6) is 0.896. The number of fused-ring (bicyclic) bond motifs is 1. The number of nitrogens with zero attached hydrogens (tertiary/aromatic N) is 2. The molecule has 0 radical (unpaired) electrons. The van der Waals surface area contributed by atoms with Crippen LogP contribution in [0.3, 0.4) is 0 Å². The van der Waals surface area contributed by atoms with Crippen molar-refractivity contribution in [1.82, 2.24) is 9.55 Å². The molecule has 1 heterocycles. The molecule has 0 fully saturated rings. The van der Waals surface area contributed by atoms with Crippen LogP contribution in [0.2, 0.25) is 5.02 Å². The molecule has 0 saturated heterocycles. The molecule has 0 saturated carbocycles. The summed E-state index contributed by atoms with van der Waals surface area (Å²) in [7, 11) is 1.56. The minimum Gasteiger partial charge on any atom is -0.497 e. The molecule has 0 spiro atoms. The highest BCUT2D eigenvalue weighted by Crippen LogP contribution is 2.37. The number of ether oxygens (including phenoxy) is 2. The van der Waals surface area contributed by atoms with Crippen molar-refractivity contribution in [3.63, 3.8) is 0 Å². The van der Waals surface area contributed by atoms with Crippen molar-refractivity contribution in [3.05, 3.63) is 74.7 Å². The maximum atomic E-state index is 13.6. The first-order valence-electron chi connectivity index (χ1n) is 11.4. The number of esters is 1. The molecular weight excluding hydrogens is 454 g/mol. The van der Waals surface area contributed by atoms with Gasteiger partial charge in [-0.2, -0.15) is 0 Å². The molecule has 0 unspecified atom stereocenters. The number of carbonyl (C=O) groups excluding carboxylic acids is 1. The van der Waals surface area contributed by atoms with Crippen LogP contribution < -0.4 is 15.6 Å². The monoisotopic (exact) mass is 481 g/mol. The van der Waals surface area contributed by atoms with Gasteiger partial charge in [-0.3, -0.25) is 14.2 Å². The minimum absolute atomic E-state index is 0.246. The molecule has 1 aliphatic carbocycles. The molecule has 2 aromatic carbocycles. The zero-order valence-corrected chi connectivity index (χ0v) is 20.5. The van der Waals surface area contributed by atoms with Crippen molar-refractivity contribution in [1.29, 1.82) is 0 Å². The van der Waals surface area contributed by atoms with Gasteiger partial charge in [-0.1, -0.05) is 42.8 Å². The molecule has 178 valence electrons. The first-order chi connectivity index (χ1) is 16.4. The number of hydrogen-bond acceptors (Lipinski definition) is 6. The molecule has 34 heavy (non-hydrogen) atoms. The fraction of sp³-hybridized carbons (Fsp3) is 0.346. The summed E-state index contributed by atoms with van der Waals surface area (Å²) in [5.41, 5.74) is 3.50. The van der Waals surface area contributed by atoms with E-state index in [0.29, 0.717) is 47.2 Å². The van der Waals surface area contributed by atoms with Gasteiger partial charge in [0.05, 0.1) is 23.9 Å². The van der Waals surface area contributed by atoms with E-state index in [0.717, 1.165) is 16.8 Å². The second-order valence-corrected chi connectivity index (χ2v) is 8.58. The normalized spacial score (nSPS) is 16.7. The van der Waals surface area contributed by atoms with Gasteiger partial charge < -0.3 is 14.8 Å². The van der Waals surface area contributed by atoms with E-state index in [1.165, 1.54) is 6.92 Å². The van der Waals surface area contributed by atoms with Crippen molar-refractivity contribution in [2.24, 2.45) is 0 Å². The number of aromatic nitrogens is 2. The third-order valence-corrected chi connectivity index (χ3v) is 6.43. The molecule has 2 atom stereocenters. The van der Waals surface area contributed by atoms with Crippen molar-refractivity contribution < 1.29 is 14.3 Å². The first-order valence-corrected chi connectivity index (χ1v) is 11.7. The van der Waals surface area contributed by atoms with Crippen molar-refractivity contribution in [2.75, 3.05) is 12.4 Å². The zero-order chi connectivity index (χ0) is 24.4. The van der Waals surface area contributed by atoms with E-state index in [1.54, 1.807) is 29.9 Å². The summed E-state index contributed by atoms with van der Waals surface area (Å²) in [6.45, 7) is 5.75. The number of aryl methyl sites for hydroxylation is 1. The Balaban J connectivity index is 1.82. The molecule has 1 aliphatic rings. The van der Waals surface area contributed by atoms with Crippen LogP contribution >= 0.6 is 11.6 Å². The lowest BCUT2D eigenvalue weighted by molar-refractivity contribution is -0.146. The molecule has 7 nitrogen and oxygen atoms in total. The highest BCUT2D eigenvalue weighted by atomic mass is 35.5. The molecule has 8 heteroatoms. The number of rotatable bonds is 7. The SMILES string of the molecule is CCc1nc(-c2ccc(OC)cc2Cl)c(=O)n(CC)c1N[C@@H]1c2ccccc2C[C@@H]1OC(C)=O. The lowest BCUT2D eigenvalue weighted by Gasteiger charge is -2.26. The molecular formula is C26H28ClN3O4.